The van der Waals surface area contributed by atoms with Crippen molar-refractivity contribution in [2.45, 2.75) is 67.9 Å². The van der Waals surface area contributed by atoms with Crippen LogP contribution in [-0.2, 0) is 36.9 Å². The number of amides is 1. The highest BCUT2D eigenvalue weighted by Gasteiger charge is 2.36. The zero-order valence-corrected chi connectivity index (χ0v) is 26.0. The summed E-state index contributed by atoms with van der Waals surface area (Å²) in [7, 11) is -1.67. The number of benzene rings is 3. The third-order valence-electron chi connectivity index (χ3n) is 8.63. The number of alkyl carbamates (subject to hydrolysis) is 1. The van der Waals surface area contributed by atoms with Crippen LogP contribution in [-0.4, -0.2) is 69.7 Å². The lowest BCUT2D eigenvalue weighted by Gasteiger charge is -2.30. The fourth-order valence-corrected chi connectivity index (χ4v) is 7.76. The van der Waals surface area contributed by atoms with E-state index in [1.54, 1.807) is 0 Å². The van der Waals surface area contributed by atoms with Crippen LogP contribution >= 0.6 is 0 Å². The van der Waals surface area contributed by atoms with Gasteiger partial charge in [0.1, 0.15) is 6.04 Å². The van der Waals surface area contributed by atoms with Crippen molar-refractivity contribution in [3.63, 3.8) is 0 Å². The molecular formula is C35H42N2O6S. The Morgan fingerprint density at radius 3 is 2.09 bits per heavy atom. The first-order valence-electron chi connectivity index (χ1n) is 15.4. The molecule has 1 aliphatic heterocycles. The Bertz CT molecular complexity index is 1450. The summed E-state index contributed by atoms with van der Waals surface area (Å²) >= 11 is 0. The minimum Gasteiger partial charge on any atom is -0.453 e. The maximum atomic E-state index is 14.1. The maximum Gasteiger partial charge on any atom is 0.407 e. The number of hydrogen-bond donors (Lipinski definition) is 2. The summed E-state index contributed by atoms with van der Waals surface area (Å²) in [5, 5.41) is 6.19. The first kappa shape index (κ1) is 31.9. The van der Waals surface area contributed by atoms with Gasteiger partial charge in [-0.2, -0.15) is 0 Å². The SMILES string of the molecule is COC(=O)N[C@H](C(=O)Cc1ccccc1CC[C@@H]1CN[C@H](CCS(=O)(=O)C2CC2)CO1)C(c1ccccc1)c1ccccc1. The van der Waals surface area contributed by atoms with Crippen LogP contribution in [0, 0.1) is 0 Å². The molecule has 0 spiro atoms. The van der Waals surface area contributed by atoms with E-state index >= 15 is 0 Å². The van der Waals surface area contributed by atoms with E-state index in [1.807, 2.05) is 84.9 Å². The second-order valence-corrected chi connectivity index (χ2v) is 14.2. The summed E-state index contributed by atoms with van der Waals surface area (Å²) in [5.74, 6) is -0.295. The van der Waals surface area contributed by atoms with Crippen molar-refractivity contribution < 1.29 is 27.5 Å². The van der Waals surface area contributed by atoms with Gasteiger partial charge >= 0.3 is 6.09 Å². The van der Waals surface area contributed by atoms with Crippen molar-refractivity contribution in [1.29, 1.82) is 0 Å². The number of nitrogens with one attached hydrogen (secondary N) is 2. The molecule has 3 atom stereocenters. The van der Waals surface area contributed by atoms with Crippen LogP contribution in [0.3, 0.4) is 0 Å². The van der Waals surface area contributed by atoms with Crippen LogP contribution in [0.15, 0.2) is 84.9 Å². The molecule has 0 aromatic heterocycles. The van der Waals surface area contributed by atoms with E-state index in [-0.39, 0.29) is 35.4 Å². The number of carbonyl (C=O) groups excluding carboxylic acids is 2. The average Bonchev–Trinajstić information content (AvgIpc) is 3.91. The molecule has 9 heteroatoms. The van der Waals surface area contributed by atoms with Gasteiger partial charge in [-0.15, -0.1) is 0 Å². The highest BCUT2D eigenvalue weighted by molar-refractivity contribution is 7.92. The third kappa shape index (κ3) is 8.55. The quantitative estimate of drug-likeness (QED) is 0.272. The normalized spacial score (nSPS) is 19.3. The van der Waals surface area contributed by atoms with E-state index in [1.165, 1.54) is 7.11 Å². The number of rotatable bonds is 14. The first-order valence-corrected chi connectivity index (χ1v) is 17.2. The molecule has 44 heavy (non-hydrogen) atoms. The minimum atomic E-state index is -2.97. The van der Waals surface area contributed by atoms with Gasteiger partial charge in [-0.05, 0) is 54.4 Å². The Balaban J connectivity index is 1.24. The molecule has 8 nitrogen and oxygen atoms in total. The Morgan fingerprint density at radius 2 is 1.52 bits per heavy atom. The molecule has 2 aliphatic rings. The van der Waals surface area contributed by atoms with Gasteiger partial charge in [0, 0.05) is 24.9 Å². The molecule has 1 heterocycles. The summed E-state index contributed by atoms with van der Waals surface area (Å²) in [6.45, 7) is 1.16. The Morgan fingerprint density at radius 1 is 0.909 bits per heavy atom. The monoisotopic (exact) mass is 618 g/mol. The topological polar surface area (TPSA) is 111 Å². The molecule has 3 aromatic rings. The van der Waals surface area contributed by atoms with Crippen molar-refractivity contribution in [3.05, 3.63) is 107 Å². The predicted molar refractivity (Wildman–Crippen MR) is 170 cm³/mol. The molecule has 5 rings (SSSR count). The van der Waals surface area contributed by atoms with Gasteiger partial charge in [-0.3, -0.25) is 4.79 Å². The van der Waals surface area contributed by atoms with Gasteiger partial charge in [0.05, 0.1) is 30.8 Å². The summed E-state index contributed by atoms with van der Waals surface area (Å²) in [4.78, 5) is 26.6. The fourth-order valence-electron chi connectivity index (χ4n) is 5.96. The van der Waals surface area contributed by atoms with Crippen LogP contribution in [0.1, 0.15) is 53.9 Å². The predicted octanol–water partition coefficient (Wildman–Crippen LogP) is 4.61. The van der Waals surface area contributed by atoms with Gasteiger partial charge in [-0.25, -0.2) is 13.2 Å². The Hall–Kier alpha value is -3.53. The molecule has 234 valence electrons. The van der Waals surface area contributed by atoms with Crippen molar-refractivity contribution in [3.8, 4) is 0 Å². The molecular weight excluding hydrogens is 576 g/mol. The molecule has 1 saturated heterocycles. The van der Waals surface area contributed by atoms with E-state index in [4.69, 9.17) is 9.47 Å². The van der Waals surface area contributed by atoms with Crippen LogP contribution in [0.2, 0.25) is 0 Å². The molecule has 1 aliphatic carbocycles. The van der Waals surface area contributed by atoms with Crippen LogP contribution < -0.4 is 10.6 Å². The fraction of sp³-hybridized carbons (Fsp3) is 0.429. The van der Waals surface area contributed by atoms with Crippen molar-refractivity contribution >= 4 is 21.7 Å². The molecule has 1 amide bonds. The lowest BCUT2D eigenvalue weighted by Crippen LogP contribution is -2.47. The smallest absolute Gasteiger partial charge is 0.407 e. The second-order valence-electron chi connectivity index (χ2n) is 11.8. The van der Waals surface area contributed by atoms with Gasteiger partial charge in [-0.1, -0.05) is 84.9 Å². The van der Waals surface area contributed by atoms with Crippen molar-refractivity contribution in [2.24, 2.45) is 0 Å². The zero-order chi connectivity index (χ0) is 30.9. The van der Waals surface area contributed by atoms with E-state index in [9.17, 15) is 18.0 Å². The summed E-state index contributed by atoms with van der Waals surface area (Å²) in [6, 6.07) is 26.6. The van der Waals surface area contributed by atoms with Crippen LogP contribution in [0.25, 0.3) is 0 Å². The standard InChI is InChI=1S/C35H42N2O6S/c1-42-35(39)37-34(33(26-11-4-2-5-12-26)27-13-6-3-7-14-27)32(38)22-28-15-9-8-10-25(28)16-17-30-23-36-29(24-43-30)20-21-44(40,41)31-18-19-31/h2-15,29-31,33-34,36H,16-24H2,1H3,(H,37,39)/t29-,30-,34-/m1/s1. The summed E-state index contributed by atoms with van der Waals surface area (Å²) in [5.41, 5.74) is 3.83. The van der Waals surface area contributed by atoms with Crippen LogP contribution in [0.5, 0.6) is 0 Å². The lowest BCUT2D eigenvalue weighted by molar-refractivity contribution is -0.120. The van der Waals surface area contributed by atoms with Crippen molar-refractivity contribution in [2.75, 3.05) is 26.0 Å². The Kier molecular flexibility index (Phi) is 10.8. The van der Waals surface area contributed by atoms with E-state index in [0.717, 1.165) is 47.9 Å². The number of morpholine rings is 1. The Labute approximate surface area is 260 Å². The number of hydrogen-bond acceptors (Lipinski definition) is 7. The highest BCUT2D eigenvalue weighted by Crippen LogP contribution is 2.31. The molecule has 0 bridgehead atoms. The molecule has 2 fully saturated rings. The van der Waals surface area contributed by atoms with Gasteiger partial charge in [0.2, 0.25) is 0 Å². The average molecular weight is 619 g/mol. The number of ketones is 1. The van der Waals surface area contributed by atoms with Gasteiger partial charge in [0.15, 0.2) is 15.6 Å². The molecule has 3 aromatic carbocycles. The zero-order valence-electron chi connectivity index (χ0n) is 25.2. The maximum absolute atomic E-state index is 14.1. The minimum absolute atomic E-state index is 0.00401. The number of aryl methyl sites for hydroxylation is 1. The van der Waals surface area contributed by atoms with E-state index in [0.29, 0.717) is 19.6 Å². The molecule has 1 saturated carbocycles. The highest BCUT2D eigenvalue weighted by atomic mass is 32.2. The summed E-state index contributed by atoms with van der Waals surface area (Å²) in [6.07, 6.45) is 3.18. The summed E-state index contributed by atoms with van der Waals surface area (Å²) < 4.78 is 35.5. The lowest BCUT2D eigenvalue weighted by atomic mass is 9.81. The number of Topliss-reactive ketones (excluding diaryl/α,β-unsaturated/α-hetero) is 1. The second kappa shape index (κ2) is 15.0. The number of carbonyl (C=O) groups is 2. The van der Waals surface area contributed by atoms with Crippen LogP contribution in [0.4, 0.5) is 4.79 Å². The first-order chi connectivity index (χ1) is 21.3. The van der Waals surface area contributed by atoms with Crippen molar-refractivity contribution in [1.82, 2.24) is 10.6 Å². The van der Waals surface area contributed by atoms with E-state index < -0.39 is 27.9 Å². The molecule has 2 N–H and O–H groups in total. The largest absolute Gasteiger partial charge is 0.453 e. The van der Waals surface area contributed by atoms with E-state index in [2.05, 4.69) is 10.6 Å². The number of ether oxygens (including phenoxy) is 2. The number of methoxy groups -OCH3 is 1. The third-order valence-corrected chi connectivity index (χ3v) is 10.9. The number of sulfone groups is 1. The van der Waals surface area contributed by atoms with Gasteiger partial charge < -0.3 is 20.1 Å². The molecule has 0 radical (unpaired) electrons. The molecule has 0 unspecified atom stereocenters. The van der Waals surface area contributed by atoms with Gasteiger partial charge in [0.25, 0.3) is 0 Å².